The minimum absolute atomic E-state index is 0.822. The zero-order valence-electron chi connectivity index (χ0n) is 8.63. The number of methoxy groups -OCH3 is 1. The van der Waals surface area contributed by atoms with E-state index in [9.17, 15) is 0 Å². The number of allylic oxidation sites excluding steroid dienone is 3. The third-order valence-electron chi connectivity index (χ3n) is 0.692. The molecule has 0 aromatic rings. The molecule has 72 valence electrons. The lowest BCUT2D eigenvalue weighted by Crippen LogP contribution is -1.89. The number of hydrogen-bond donors (Lipinski definition) is 1. The van der Waals surface area contributed by atoms with Gasteiger partial charge in [-0.3, -0.25) is 0 Å². The maximum absolute atomic E-state index is 5.36. The molecule has 0 atom stereocenters. The van der Waals surface area contributed by atoms with Gasteiger partial charge < -0.3 is 10.5 Å². The normalized spacial score (nSPS) is 9.50. The van der Waals surface area contributed by atoms with Crippen molar-refractivity contribution in [1.29, 1.82) is 0 Å². The summed E-state index contributed by atoms with van der Waals surface area (Å²) in [4.78, 5) is 0. The third-order valence-corrected chi connectivity index (χ3v) is 0.692. The van der Waals surface area contributed by atoms with Crippen LogP contribution in [0.2, 0.25) is 0 Å². The second-order valence-corrected chi connectivity index (χ2v) is 1.70. The predicted octanol–water partition coefficient (Wildman–Crippen LogP) is 2.49. The van der Waals surface area contributed by atoms with Gasteiger partial charge in [-0.25, -0.2) is 0 Å². The van der Waals surface area contributed by atoms with E-state index < -0.39 is 0 Å². The van der Waals surface area contributed by atoms with Gasteiger partial charge in [-0.2, -0.15) is 0 Å². The van der Waals surface area contributed by atoms with Gasteiger partial charge in [-0.05, 0) is 19.9 Å². The maximum atomic E-state index is 5.36. The highest BCUT2D eigenvalue weighted by Crippen LogP contribution is 1.82. The molecule has 0 saturated carbocycles. The van der Waals surface area contributed by atoms with Crippen molar-refractivity contribution in [3.05, 3.63) is 37.1 Å². The fraction of sp³-hybridized carbons (Fsp3) is 0.400. The zero-order valence-corrected chi connectivity index (χ0v) is 8.63. The van der Waals surface area contributed by atoms with Crippen molar-refractivity contribution in [1.82, 2.24) is 0 Å². The molecule has 0 aromatic heterocycles. The van der Waals surface area contributed by atoms with E-state index in [1.807, 2.05) is 32.1 Å². The van der Waals surface area contributed by atoms with E-state index in [1.54, 1.807) is 14.2 Å². The van der Waals surface area contributed by atoms with Crippen molar-refractivity contribution < 1.29 is 4.74 Å². The van der Waals surface area contributed by atoms with Crippen LogP contribution in [0.4, 0.5) is 0 Å². The number of ether oxygens (including phenoxy) is 1. The molecule has 0 aliphatic rings. The van der Waals surface area contributed by atoms with Gasteiger partial charge in [0.25, 0.3) is 0 Å². The van der Waals surface area contributed by atoms with Gasteiger partial charge in [-0.15, -0.1) is 13.2 Å². The van der Waals surface area contributed by atoms with Crippen molar-refractivity contribution in [2.75, 3.05) is 14.2 Å². The summed E-state index contributed by atoms with van der Waals surface area (Å²) >= 11 is 0. The second kappa shape index (κ2) is 22.5. The van der Waals surface area contributed by atoms with E-state index in [-0.39, 0.29) is 0 Å². The third kappa shape index (κ3) is 36.1. The molecule has 0 saturated heterocycles. The Morgan fingerprint density at radius 1 is 1.25 bits per heavy atom. The molecule has 12 heavy (non-hydrogen) atoms. The molecular weight excluding hydrogens is 150 g/mol. The molecule has 0 fully saturated rings. The number of nitrogens with two attached hydrogens (primary N) is 1. The SMILES string of the molecule is C/C=C\C(N)=C/C.C=C.COC. The average Bonchev–Trinajstić information content (AvgIpc) is 2.10. The summed E-state index contributed by atoms with van der Waals surface area (Å²) in [6, 6.07) is 0. The van der Waals surface area contributed by atoms with Crippen LogP contribution in [0.1, 0.15) is 13.8 Å². The first kappa shape index (κ1) is 17.2. The Kier molecular flexibility index (Phi) is 32.2. The van der Waals surface area contributed by atoms with Crippen LogP contribution in [-0.2, 0) is 4.74 Å². The largest absolute Gasteiger partial charge is 0.399 e. The molecule has 0 aliphatic heterocycles. The average molecular weight is 171 g/mol. The van der Waals surface area contributed by atoms with Crippen molar-refractivity contribution in [2.45, 2.75) is 13.8 Å². The standard InChI is InChI=1S/C6H11N.C2H6O.C2H4/c1-3-5-6(7)4-2;1-3-2;1-2/h3-5H,7H2,1-2H3;1-2H3;1-2H2/b5-3-,6-4+;;. The van der Waals surface area contributed by atoms with Gasteiger partial charge in [0.1, 0.15) is 0 Å². The van der Waals surface area contributed by atoms with E-state index in [2.05, 4.69) is 17.9 Å². The van der Waals surface area contributed by atoms with Gasteiger partial charge in [-0.1, -0.05) is 12.2 Å². The van der Waals surface area contributed by atoms with E-state index in [1.165, 1.54) is 0 Å². The van der Waals surface area contributed by atoms with Crippen molar-refractivity contribution in [3.8, 4) is 0 Å². The molecule has 0 amide bonds. The Bertz CT molecular complexity index is 117. The molecule has 0 bridgehead atoms. The molecule has 0 heterocycles. The van der Waals surface area contributed by atoms with E-state index >= 15 is 0 Å². The predicted molar refractivity (Wildman–Crippen MR) is 56.9 cm³/mol. The highest BCUT2D eigenvalue weighted by molar-refractivity contribution is 5.12. The van der Waals surface area contributed by atoms with E-state index in [0.717, 1.165) is 5.70 Å². The molecule has 0 spiro atoms. The first-order chi connectivity index (χ1) is 5.72. The topological polar surface area (TPSA) is 35.2 Å². The van der Waals surface area contributed by atoms with Crippen molar-refractivity contribution in [3.63, 3.8) is 0 Å². The molecule has 0 aromatic carbocycles. The van der Waals surface area contributed by atoms with Crippen LogP contribution < -0.4 is 5.73 Å². The minimum atomic E-state index is 0.822. The molecule has 0 unspecified atom stereocenters. The molecule has 2 N–H and O–H groups in total. The molecule has 0 rings (SSSR count). The molecule has 0 aliphatic carbocycles. The van der Waals surface area contributed by atoms with Gasteiger partial charge in [0.05, 0.1) is 0 Å². The van der Waals surface area contributed by atoms with E-state index in [0.29, 0.717) is 0 Å². The molecule has 0 radical (unpaired) electrons. The van der Waals surface area contributed by atoms with Gasteiger partial charge >= 0.3 is 0 Å². The van der Waals surface area contributed by atoms with Crippen LogP contribution in [0.5, 0.6) is 0 Å². The summed E-state index contributed by atoms with van der Waals surface area (Å²) in [5.41, 5.74) is 6.18. The summed E-state index contributed by atoms with van der Waals surface area (Å²) in [5.74, 6) is 0. The lowest BCUT2D eigenvalue weighted by Gasteiger charge is -1.83. The quantitative estimate of drug-likeness (QED) is 0.486. The lowest BCUT2D eigenvalue weighted by atomic mass is 10.4. The summed E-state index contributed by atoms with van der Waals surface area (Å²) < 4.78 is 4.25. The first-order valence-corrected chi connectivity index (χ1v) is 3.67. The summed E-state index contributed by atoms with van der Waals surface area (Å²) in [7, 11) is 3.25. The fourth-order valence-electron chi connectivity index (χ4n) is 0.289. The first-order valence-electron chi connectivity index (χ1n) is 3.67. The highest BCUT2D eigenvalue weighted by Gasteiger charge is 1.69. The Morgan fingerprint density at radius 2 is 1.58 bits per heavy atom. The van der Waals surface area contributed by atoms with Gasteiger partial charge in [0.2, 0.25) is 0 Å². The monoisotopic (exact) mass is 171 g/mol. The maximum Gasteiger partial charge on any atom is 0.0351 e. The van der Waals surface area contributed by atoms with Crippen LogP contribution in [0.15, 0.2) is 37.1 Å². The van der Waals surface area contributed by atoms with Crippen molar-refractivity contribution in [2.24, 2.45) is 5.73 Å². The van der Waals surface area contributed by atoms with Gasteiger partial charge in [0, 0.05) is 19.9 Å². The van der Waals surface area contributed by atoms with E-state index in [4.69, 9.17) is 5.73 Å². The summed E-state index contributed by atoms with van der Waals surface area (Å²) in [6.45, 7) is 9.85. The number of hydrogen-bond acceptors (Lipinski definition) is 2. The summed E-state index contributed by atoms with van der Waals surface area (Å²) in [6.07, 6.45) is 5.63. The Morgan fingerprint density at radius 3 is 1.67 bits per heavy atom. The smallest absolute Gasteiger partial charge is 0.0351 e. The highest BCUT2D eigenvalue weighted by atomic mass is 16.4. The van der Waals surface area contributed by atoms with Gasteiger partial charge in [0.15, 0.2) is 0 Å². The molecule has 2 nitrogen and oxygen atoms in total. The minimum Gasteiger partial charge on any atom is -0.399 e. The Labute approximate surface area is 76.4 Å². The molecular formula is C10H21NO. The number of rotatable bonds is 1. The zero-order chi connectivity index (χ0) is 10.4. The van der Waals surface area contributed by atoms with Crippen molar-refractivity contribution >= 4 is 0 Å². The Hall–Kier alpha value is -1.02. The summed E-state index contributed by atoms with van der Waals surface area (Å²) in [5, 5.41) is 0. The fourth-order valence-corrected chi connectivity index (χ4v) is 0.289. The van der Waals surface area contributed by atoms with Crippen LogP contribution in [0.25, 0.3) is 0 Å². The molecule has 2 heteroatoms. The van der Waals surface area contributed by atoms with Crippen LogP contribution in [0.3, 0.4) is 0 Å². The van der Waals surface area contributed by atoms with Crippen LogP contribution >= 0.6 is 0 Å². The second-order valence-electron chi connectivity index (χ2n) is 1.70. The van der Waals surface area contributed by atoms with Crippen LogP contribution in [-0.4, -0.2) is 14.2 Å². The van der Waals surface area contributed by atoms with Crippen LogP contribution in [0, 0.1) is 0 Å². The Balaban J connectivity index is -0.000000137. The lowest BCUT2D eigenvalue weighted by molar-refractivity contribution is 0.277.